The third-order valence-corrected chi connectivity index (χ3v) is 10.5. The quantitative estimate of drug-likeness (QED) is 0.428. The minimum absolute atomic E-state index is 0.0874. The molecule has 8 rings (SSSR count). The van der Waals surface area contributed by atoms with Crippen LogP contribution in [0.4, 0.5) is 5.82 Å². The van der Waals surface area contributed by atoms with Gasteiger partial charge in [0.25, 0.3) is 5.91 Å². The summed E-state index contributed by atoms with van der Waals surface area (Å²) in [6.45, 7) is 5.39. The lowest BCUT2D eigenvalue weighted by Crippen LogP contribution is -2.51. The average molecular weight is 544 g/mol. The highest BCUT2D eigenvalue weighted by Crippen LogP contribution is 2.59. The molecule has 5 aliphatic rings. The number of hydrogen-bond donors (Lipinski definition) is 2. The largest absolute Gasteiger partial charge is 0.508 e. The molecule has 0 spiro atoms. The molecule has 1 amide bonds. The Hall–Kier alpha value is -2.97. The molecule has 1 saturated heterocycles. The number of thiophene rings is 1. The van der Waals surface area contributed by atoms with E-state index in [0.717, 1.165) is 74.0 Å². The van der Waals surface area contributed by atoms with Crippen LogP contribution in [0, 0.1) is 23.2 Å². The molecule has 4 bridgehead atoms. The fourth-order valence-corrected chi connectivity index (χ4v) is 9.07. The number of piperazine rings is 1. The molecule has 204 valence electrons. The maximum atomic E-state index is 12.9. The maximum absolute atomic E-state index is 12.9. The first-order valence-electron chi connectivity index (χ1n) is 14.5. The second-order valence-corrected chi connectivity index (χ2v) is 13.5. The van der Waals surface area contributed by atoms with E-state index in [0.29, 0.717) is 16.9 Å². The second kappa shape index (κ2) is 10.2. The molecule has 0 unspecified atom stereocenters. The van der Waals surface area contributed by atoms with E-state index in [1.807, 2.05) is 30.3 Å². The van der Waals surface area contributed by atoms with Gasteiger partial charge in [-0.1, -0.05) is 12.1 Å². The van der Waals surface area contributed by atoms with Crippen molar-refractivity contribution in [3.05, 3.63) is 58.4 Å². The smallest absolute Gasteiger partial charge is 0.271 e. The van der Waals surface area contributed by atoms with Crippen LogP contribution in [0.2, 0.25) is 0 Å². The number of nitrogens with one attached hydrogen (secondary N) is 1. The van der Waals surface area contributed by atoms with Crippen molar-refractivity contribution < 1.29 is 9.90 Å². The van der Waals surface area contributed by atoms with Crippen molar-refractivity contribution in [1.29, 1.82) is 0 Å². The van der Waals surface area contributed by atoms with Gasteiger partial charge in [0.15, 0.2) is 11.5 Å². The third-order valence-electron chi connectivity index (χ3n) is 9.58. The van der Waals surface area contributed by atoms with Gasteiger partial charge in [-0.2, -0.15) is 0 Å². The predicted octanol–water partition coefficient (Wildman–Crippen LogP) is 5.18. The molecule has 4 aliphatic carbocycles. The SMILES string of the molecule is O=C(NCC12CC3CC(CC(C3)C1)C2)c1ccc(N2CCN(Cc3cc(-c4cccc(O)c4)cs3)CC2)nn1. The lowest BCUT2D eigenvalue weighted by molar-refractivity contribution is -0.0503. The molecular formula is C31H37N5O2S. The minimum atomic E-state index is -0.0874. The number of benzene rings is 1. The maximum Gasteiger partial charge on any atom is 0.271 e. The standard InChI is InChI=1S/C31H37N5O2S/c37-26-3-1-2-24(13-26)25-14-27(39-19-25)18-35-6-8-36(9-7-35)29-5-4-28(33-34-29)30(38)32-20-31-15-21-10-22(16-31)12-23(11-21)17-31/h1-5,13-14,19,21-23,37H,6-12,15-18,20H2,(H,32,38). The Morgan fingerprint density at radius 2 is 1.69 bits per heavy atom. The summed E-state index contributed by atoms with van der Waals surface area (Å²) in [4.78, 5) is 19.0. The number of carbonyl (C=O) groups is 1. The highest BCUT2D eigenvalue weighted by molar-refractivity contribution is 7.10. The lowest BCUT2D eigenvalue weighted by atomic mass is 9.49. The molecule has 2 aromatic heterocycles. The zero-order chi connectivity index (χ0) is 26.4. The Kier molecular flexibility index (Phi) is 6.55. The molecule has 2 N–H and O–H groups in total. The number of phenolic OH excluding ortho intramolecular Hbond substituents is 1. The highest BCUT2D eigenvalue weighted by atomic mass is 32.1. The average Bonchev–Trinajstić information content (AvgIpc) is 3.40. The van der Waals surface area contributed by atoms with Crippen LogP contribution in [0.15, 0.2) is 47.8 Å². The van der Waals surface area contributed by atoms with Gasteiger partial charge in [0.05, 0.1) is 0 Å². The van der Waals surface area contributed by atoms with Crippen LogP contribution in [0.25, 0.3) is 11.1 Å². The molecule has 5 fully saturated rings. The summed E-state index contributed by atoms with van der Waals surface area (Å²) in [7, 11) is 0. The van der Waals surface area contributed by atoms with Crippen molar-refractivity contribution in [3.8, 4) is 16.9 Å². The molecule has 8 heteroatoms. The van der Waals surface area contributed by atoms with E-state index in [1.165, 1.54) is 43.4 Å². The summed E-state index contributed by atoms with van der Waals surface area (Å²) < 4.78 is 0. The van der Waals surface area contributed by atoms with E-state index in [4.69, 9.17) is 0 Å². The minimum Gasteiger partial charge on any atom is -0.508 e. The number of amides is 1. The van der Waals surface area contributed by atoms with Gasteiger partial charge in [-0.15, -0.1) is 21.5 Å². The molecule has 3 aromatic rings. The van der Waals surface area contributed by atoms with Crippen LogP contribution in [-0.2, 0) is 6.54 Å². The molecule has 3 heterocycles. The van der Waals surface area contributed by atoms with Gasteiger partial charge in [0.2, 0.25) is 0 Å². The van der Waals surface area contributed by atoms with Crippen molar-refractivity contribution >= 4 is 23.1 Å². The second-order valence-electron chi connectivity index (χ2n) is 12.5. The first kappa shape index (κ1) is 25.0. The first-order valence-corrected chi connectivity index (χ1v) is 15.3. The van der Waals surface area contributed by atoms with Crippen LogP contribution in [-0.4, -0.2) is 58.8 Å². The topological polar surface area (TPSA) is 81.6 Å². The van der Waals surface area contributed by atoms with Gasteiger partial charge in [-0.05, 0) is 109 Å². The fraction of sp³-hybridized carbons (Fsp3) is 0.516. The fourth-order valence-electron chi connectivity index (χ4n) is 8.14. The van der Waals surface area contributed by atoms with Crippen molar-refractivity contribution in [2.24, 2.45) is 23.2 Å². The van der Waals surface area contributed by atoms with Crippen LogP contribution < -0.4 is 10.2 Å². The van der Waals surface area contributed by atoms with E-state index in [2.05, 4.69) is 36.8 Å². The number of hydrogen-bond acceptors (Lipinski definition) is 7. The number of nitrogens with zero attached hydrogens (tertiary/aromatic N) is 4. The summed E-state index contributed by atoms with van der Waals surface area (Å²) in [5, 5.41) is 23.9. The Bertz CT molecular complexity index is 1300. The monoisotopic (exact) mass is 543 g/mol. The Morgan fingerprint density at radius 3 is 2.36 bits per heavy atom. The van der Waals surface area contributed by atoms with E-state index in [1.54, 1.807) is 17.4 Å². The first-order chi connectivity index (χ1) is 19.0. The van der Waals surface area contributed by atoms with Gasteiger partial charge < -0.3 is 15.3 Å². The van der Waals surface area contributed by atoms with E-state index in [9.17, 15) is 9.90 Å². The normalized spacial score (nSPS) is 28.1. The number of carbonyl (C=O) groups excluding carboxylic acids is 1. The van der Waals surface area contributed by atoms with Crippen LogP contribution in [0.3, 0.4) is 0 Å². The van der Waals surface area contributed by atoms with Crippen molar-refractivity contribution in [3.63, 3.8) is 0 Å². The molecule has 39 heavy (non-hydrogen) atoms. The van der Waals surface area contributed by atoms with Gasteiger partial charge in [0.1, 0.15) is 5.75 Å². The van der Waals surface area contributed by atoms with E-state index >= 15 is 0 Å². The van der Waals surface area contributed by atoms with Gasteiger partial charge in [-0.3, -0.25) is 9.69 Å². The molecule has 1 aliphatic heterocycles. The molecule has 0 radical (unpaired) electrons. The molecular weight excluding hydrogens is 506 g/mol. The van der Waals surface area contributed by atoms with Crippen molar-refractivity contribution in [2.75, 3.05) is 37.6 Å². The van der Waals surface area contributed by atoms with Crippen LogP contribution >= 0.6 is 11.3 Å². The van der Waals surface area contributed by atoms with Gasteiger partial charge in [0, 0.05) is 44.1 Å². The zero-order valence-electron chi connectivity index (χ0n) is 22.4. The van der Waals surface area contributed by atoms with Crippen molar-refractivity contribution in [1.82, 2.24) is 20.4 Å². The molecule has 7 nitrogen and oxygen atoms in total. The highest BCUT2D eigenvalue weighted by Gasteiger charge is 2.50. The van der Waals surface area contributed by atoms with Gasteiger partial charge >= 0.3 is 0 Å². The molecule has 1 aromatic carbocycles. The Morgan fingerprint density at radius 1 is 0.949 bits per heavy atom. The predicted molar refractivity (Wildman–Crippen MR) is 154 cm³/mol. The summed E-state index contributed by atoms with van der Waals surface area (Å²) in [5.41, 5.74) is 2.95. The summed E-state index contributed by atoms with van der Waals surface area (Å²) >= 11 is 1.77. The van der Waals surface area contributed by atoms with Gasteiger partial charge in [-0.25, -0.2) is 0 Å². The van der Waals surface area contributed by atoms with E-state index < -0.39 is 0 Å². The number of phenols is 1. The molecule has 0 atom stereocenters. The summed E-state index contributed by atoms with van der Waals surface area (Å²) in [5.74, 6) is 3.72. The number of aromatic hydroxyl groups is 1. The Labute approximate surface area is 234 Å². The number of anilines is 1. The number of rotatable bonds is 7. The lowest BCUT2D eigenvalue weighted by Gasteiger charge is -2.56. The van der Waals surface area contributed by atoms with Crippen molar-refractivity contribution in [2.45, 2.75) is 45.1 Å². The van der Waals surface area contributed by atoms with Crippen LogP contribution in [0.1, 0.15) is 53.9 Å². The zero-order valence-corrected chi connectivity index (χ0v) is 23.2. The Balaban J connectivity index is 0.899. The van der Waals surface area contributed by atoms with Crippen LogP contribution in [0.5, 0.6) is 5.75 Å². The molecule has 4 saturated carbocycles. The van der Waals surface area contributed by atoms with E-state index in [-0.39, 0.29) is 5.91 Å². The summed E-state index contributed by atoms with van der Waals surface area (Å²) in [6.07, 6.45) is 8.14. The third kappa shape index (κ3) is 5.29. The summed E-state index contributed by atoms with van der Waals surface area (Å²) in [6, 6.07) is 13.4. The number of aromatic nitrogens is 2.